The number of sulfonamides is 1. The number of aryl methyl sites for hydroxylation is 1. The van der Waals surface area contributed by atoms with Crippen molar-refractivity contribution in [3.05, 3.63) is 5.82 Å². The van der Waals surface area contributed by atoms with E-state index in [-0.39, 0.29) is 63.8 Å². The van der Waals surface area contributed by atoms with Crippen LogP contribution in [0, 0.1) is 5.92 Å². The zero-order valence-corrected chi connectivity index (χ0v) is 24.7. The van der Waals surface area contributed by atoms with Crippen molar-refractivity contribution >= 4 is 45.5 Å². The summed E-state index contributed by atoms with van der Waals surface area (Å²) in [5.41, 5.74) is 0. The van der Waals surface area contributed by atoms with Gasteiger partial charge in [-0.2, -0.15) is 5.21 Å². The van der Waals surface area contributed by atoms with Crippen molar-refractivity contribution in [2.75, 3.05) is 25.5 Å². The SMILES string of the molecule is CCOCCNC(=O)CCC(CC(=O)CCC(NC(=O)CCCS(=O)(=O)NC(=O)CCCc1nn[nH]n1)C(=O)O)C(=O)O. The minimum absolute atomic E-state index is 0.0930. The summed E-state index contributed by atoms with van der Waals surface area (Å²) in [5.74, 6) is -6.49. The molecule has 3 amide bonds. The van der Waals surface area contributed by atoms with Crippen molar-refractivity contribution in [1.82, 2.24) is 36.0 Å². The van der Waals surface area contributed by atoms with Gasteiger partial charge in [-0.1, -0.05) is 5.21 Å². The fraction of sp³-hybridized carbons (Fsp3) is 0.708. The number of aliphatic carboxylic acids is 2. The molecule has 0 fully saturated rings. The van der Waals surface area contributed by atoms with Gasteiger partial charge in [0.15, 0.2) is 5.82 Å². The van der Waals surface area contributed by atoms with Crippen LogP contribution in [0.2, 0.25) is 0 Å². The van der Waals surface area contributed by atoms with Crippen LogP contribution in [-0.2, 0) is 49.9 Å². The van der Waals surface area contributed by atoms with Crippen LogP contribution in [0.4, 0.5) is 0 Å². The van der Waals surface area contributed by atoms with E-state index in [9.17, 15) is 47.4 Å². The lowest BCUT2D eigenvalue weighted by molar-refractivity contribution is -0.145. The molecule has 1 rings (SSSR count). The van der Waals surface area contributed by atoms with Crippen LogP contribution in [-0.4, -0.2) is 106 Å². The Morgan fingerprint density at radius 2 is 1.65 bits per heavy atom. The van der Waals surface area contributed by atoms with Crippen LogP contribution in [0.5, 0.6) is 0 Å². The number of rotatable bonds is 24. The van der Waals surface area contributed by atoms with E-state index in [4.69, 9.17) is 4.74 Å². The lowest BCUT2D eigenvalue weighted by Crippen LogP contribution is -2.41. The molecule has 0 aliphatic carbocycles. The molecule has 0 radical (unpaired) electrons. The van der Waals surface area contributed by atoms with Gasteiger partial charge < -0.3 is 25.6 Å². The van der Waals surface area contributed by atoms with Crippen molar-refractivity contribution in [3.63, 3.8) is 0 Å². The predicted molar refractivity (Wildman–Crippen MR) is 147 cm³/mol. The molecule has 18 nitrogen and oxygen atoms in total. The zero-order valence-electron chi connectivity index (χ0n) is 23.9. The number of nitrogens with one attached hydrogen (secondary N) is 4. The molecule has 1 aromatic rings. The molecule has 0 aliphatic rings. The maximum Gasteiger partial charge on any atom is 0.326 e. The molecule has 43 heavy (non-hydrogen) atoms. The molecule has 6 N–H and O–H groups in total. The number of nitrogens with zero attached hydrogens (tertiary/aromatic N) is 3. The molecule has 1 heterocycles. The fourth-order valence-corrected chi connectivity index (χ4v) is 4.79. The Hall–Kier alpha value is -4.00. The zero-order chi connectivity index (χ0) is 32.3. The van der Waals surface area contributed by atoms with E-state index in [0.717, 1.165) is 0 Å². The van der Waals surface area contributed by atoms with Crippen LogP contribution in [0.3, 0.4) is 0 Å². The third-order valence-electron chi connectivity index (χ3n) is 5.94. The summed E-state index contributed by atoms with van der Waals surface area (Å²) >= 11 is 0. The summed E-state index contributed by atoms with van der Waals surface area (Å²) in [5, 5.41) is 36.6. The van der Waals surface area contributed by atoms with Crippen molar-refractivity contribution in [3.8, 4) is 0 Å². The molecule has 19 heteroatoms. The number of carbonyl (C=O) groups is 6. The summed E-state index contributed by atoms with van der Waals surface area (Å²) in [6, 6.07) is -1.47. The van der Waals surface area contributed by atoms with Crippen LogP contribution in [0.1, 0.15) is 70.5 Å². The van der Waals surface area contributed by atoms with Crippen molar-refractivity contribution in [2.45, 2.75) is 77.2 Å². The maximum atomic E-state index is 12.4. The molecule has 0 spiro atoms. The van der Waals surface area contributed by atoms with E-state index in [1.165, 1.54) is 0 Å². The second-order valence-electron chi connectivity index (χ2n) is 9.49. The van der Waals surface area contributed by atoms with Crippen molar-refractivity contribution in [1.29, 1.82) is 0 Å². The largest absolute Gasteiger partial charge is 0.481 e. The number of carboxylic acid groups (broad SMARTS) is 2. The van der Waals surface area contributed by atoms with Crippen LogP contribution >= 0.6 is 0 Å². The summed E-state index contributed by atoms with van der Waals surface area (Å²) < 4.78 is 31.2. The standard InChI is InChI=1S/C24H39N7O11S/c1-2-42-13-12-25-20(33)11-8-16(23(36)37)15-17(32)9-10-18(24(38)39)26-21(34)7-4-14-43(40,41)29-22(35)6-3-5-19-27-30-31-28-19/h16,18H,2-15H2,1H3,(H,25,33)(H,26,34)(H,29,35)(H,36,37)(H,38,39)(H,27,28,30,31). The van der Waals surface area contributed by atoms with E-state index in [1.807, 2.05) is 4.72 Å². The van der Waals surface area contributed by atoms with Gasteiger partial charge in [-0.25, -0.2) is 13.2 Å². The topological polar surface area (TPSA) is 277 Å². The lowest BCUT2D eigenvalue weighted by Gasteiger charge is -2.15. The molecule has 2 unspecified atom stereocenters. The number of carbonyl (C=O) groups excluding carboxylic acids is 4. The van der Waals surface area contributed by atoms with Gasteiger partial charge in [0.05, 0.1) is 18.3 Å². The second-order valence-corrected chi connectivity index (χ2v) is 11.3. The molecule has 0 saturated carbocycles. The first-order valence-electron chi connectivity index (χ1n) is 13.7. The number of tetrazole rings is 1. The Labute approximate surface area is 248 Å². The van der Waals surface area contributed by atoms with Crippen molar-refractivity contribution in [2.24, 2.45) is 5.92 Å². The molecule has 242 valence electrons. The number of Topliss-reactive ketones (excluding diaryl/α,β-unsaturated/α-hetero) is 1. The summed E-state index contributed by atoms with van der Waals surface area (Å²) in [6.07, 6.45) is -1.36. The Bertz CT molecular complexity index is 1180. The number of carboxylic acids is 2. The normalized spacial score (nSPS) is 12.6. The first kappa shape index (κ1) is 37.0. The van der Waals surface area contributed by atoms with E-state index in [2.05, 4.69) is 31.3 Å². The monoisotopic (exact) mass is 633 g/mol. The van der Waals surface area contributed by atoms with Crippen LogP contribution in [0.15, 0.2) is 0 Å². The molecule has 0 aromatic carbocycles. The highest BCUT2D eigenvalue weighted by molar-refractivity contribution is 7.90. The number of amides is 3. The van der Waals surface area contributed by atoms with Crippen LogP contribution in [0.25, 0.3) is 0 Å². The highest BCUT2D eigenvalue weighted by Crippen LogP contribution is 2.15. The first-order chi connectivity index (χ1) is 20.3. The molecule has 0 saturated heterocycles. The number of hydrogen-bond donors (Lipinski definition) is 6. The van der Waals surface area contributed by atoms with E-state index in [1.54, 1.807) is 6.92 Å². The van der Waals surface area contributed by atoms with Gasteiger partial charge >= 0.3 is 11.9 Å². The minimum Gasteiger partial charge on any atom is -0.481 e. The maximum absolute atomic E-state index is 12.4. The number of aromatic nitrogens is 4. The number of aromatic amines is 1. The fourth-order valence-electron chi connectivity index (χ4n) is 3.71. The number of ether oxygens (including phenoxy) is 1. The molecular weight excluding hydrogens is 594 g/mol. The highest BCUT2D eigenvalue weighted by atomic mass is 32.2. The quantitative estimate of drug-likeness (QED) is 0.0721. The molecule has 2 atom stereocenters. The van der Waals surface area contributed by atoms with Gasteiger partial charge in [-0.05, 0) is 32.6 Å². The van der Waals surface area contributed by atoms with E-state index < -0.39 is 63.7 Å². The number of hydrogen-bond acceptors (Lipinski definition) is 12. The van der Waals surface area contributed by atoms with Gasteiger partial charge in [0.25, 0.3) is 0 Å². The molecule has 1 aromatic heterocycles. The Kier molecular flexibility index (Phi) is 17.2. The van der Waals surface area contributed by atoms with Crippen LogP contribution < -0.4 is 15.4 Å². The van der Waals surface area contributed by atoms with Crippen molar-refractivity contribution < 1.29 is 52.1 Å². The minimum atomic E-state index is -4.03. The number of H-pyrrole nitrogens is 1. The Morgan fingerprint density at radius 1 is 0.930 bits per heavy atom. The number of ketones is 1. The Balaban J connectivity index is 2.40. The molecule has 0 bridgehead atoms. The molecular formula is C24H39N7O11S. The highest BCUT2D eigenvalue weighted by Gasteiger charge is 2.25. The average molecular weight is 634 g/mol. The predicted octanol–water partition coefficient (Wildman–Crippen LogP) is -1.31. The molecule has 0 aliphatic heterocycles. The first-order valence-corrected chi connectivity index (χ1v) is 15.3. The van der Waals surface area contributed by atoms with Gasteiger partial charge in [0.2, 0.25) is 27.7 Å². The van der Waals surface area contributed by atoms with E-state index in [0.29, 0.717) is 25.5 Å². The second kappa shape index (κ2) is 20.0. The van der Waals surface area contributed by atoms with Gasteiger partial charge in [0.1, 0.15) is 11.8 Å². The third kappa shape index (κ3) is 17.5. The summed E-state index contributed by atoms with van der Waals surface area (Å²) in [4.78, 5) is 71.4. The van der Waals surface area contributed by atoms with E-state index >= 15 is 0 Å². The van der Waals surface area contributed by atoms with Gasteiger partial charge in [-0.15, -0.1) is 10.2 Å². The summed E-state index contributed by atoms with van der Waals surface area (Å²) in [6.45, 7) is 2.87. The Morgan fingerprint density at radius 3 is 2.28 bits per heavy atom. The van der Waals surface area contributed by atoms with Gasteiger partial charge in [0, 0.05) is 51.7 Å². The smallest absolute Gasteiger partial charge is 0.326 e. The lowest BCUT2D eigenvalue weighted by atomic mass is 9.94. The average Bonchev–Trinajstić information content (AvgIpc) is 3.44. The van der Waals surface area contributed by atoms with Gasteiger partial charge in [-0.3, -0.25) is 28.7 Å². The summed E-state index contributed by atoms with van der Waals surface area (Å²) in [7, 11) is -4.03. The third-order valence-corrected chi connectivity index (χ3v) is 7.31.